The average molecular weight is 610 g/mol. The van der Waals surface area contributed by atoms with Gasteiger partial charge in [-0.15, -0.1) is 0 Å². The molecule has 0 heterocycles. The molecular formula is C41H75N3. The van der Waals surface area contributed by atoms with Crippen LogP contribution in [0.15, 0.2) is 35.7 Å². The van der Waals surface area contributed by atoms with Crippen molar-refractivity contribution < 1.29 is 0 Å². The van der Waals surface area contributed by atoms with Crippen molar-refractivity contribution >= 4 is 0 Å². The number of rotatable bonds is 17. The van der Waals surface area contributed by atoms with Gasteiger partial charge in [-0.05, 0) is 117 Å². The van der Waals surface area contributed by atoms with Crippen molar-refractivity contribution in [3.8, 4) is 0 Å². The molecule has 254 valence electrons. The van der Waals surface area contributed by atoms with Crippen LogP contribution in [0.5, 0.6) is 0 Å². The van der Waals surface area contributed by atoms with Crippen LogP contribution in [0.4, 0.5) is 0 Å². The molecule has 0 bridgehead atoms. The molecule has 0 amide bonds. The molecule has 3 saturated carbocycles. The van der Waals surface area contributed by atoms with Crippen molar-refractivity contribution in [2.24, 2.45) is 50.6 Å². The Morgan fingerprint density at radius 1 is 1.05 bits per heavy atom. The summed E-state index contributed by atoms with van der Waals surface area (Å²) in [6, 6.07) is 0.432. The van der Waals surface area contributed by atoms with Crippen molar-refractivity contribution in [2.75, 3.05) is 13.6 Å². The maximum atomic E-state index is 6.70. The topological polar surface area (TPSA) is 50.1 Å². The van der Waals surface area contributed by atoms with E-state index in [0.717, 1.165) is 18.7 Å². The van der Waals surface area contributed by atoms with Crippen molar-refractivity contribution in [1.82, 2.24) is 10.6 Å². The number of allylic oxidation sites excluding steroid dienone is 3. The summed E-state index contributed by atoms with van der Waals surface area (Å²) in [5.74, 6) is 1.92. The van der Waals surface area contributed by atoms with Crippen LogP contribution in [-0.2, 0) is 0 Å². The molecule has 3 fully saturated rings. The van der Waals surface area contributed by atoms with E-state index in [-0.39, 0.29) is 10.8 Å². The van der Waals surface area contributed by atoms with Crippen molar-refractivity contribution in [1.29, 1.82) is 0 Å². The summed E-state index contributed by atoms with van der Waals surface area (Å²) in [5, 5.41) is 7.99. The van der Waals surface area contributed by atoms with Crippen molar-refractivity contribution in [2.45, 2.75) is 165 Å². The smallest absolute Gasteiger partial charge is 0.0532 e. The molecule has 44 heavy (non-hydrogen) atoms. The van der Waals surface area contributed by atoms with E-state index in [2.05, 4.69) is 106 Å². The van der Waals surface area contributed by atoms with Gasteiger partial charge in [0.25, 0.3) is 0 Å². The Hall–Kier alpha value is -1.22. The number of nitrogens with two attached hydrogens (primary N) is 1. The minimum atomic E-state index is 0.177. The second-order valence-electron chi connectivity index (χ2n) is 17.5. The first-order valence-corrected chi connectivity index (χ1v) is 18.8. The van der Waals surface area contributed by atoms with Crippen LogP contribution >= 0.6 is 0 Å². The number of hydrogen-bond acceptors (Lipinski definition) is 3. The van der Waals surface area contributed by atoms with E-state index in [1.165, 1.54) is 94.7 Å². The van der Waals surface area contributed by atoms with Gasteiger partial charge in [0.2, 0.25) is 0 Å². The van der Waals surface area contributed by atoms with E-state index in [4.69, 9.17) is 5.73 Å². The van der Waals surface area contributed by atoms with Crippen LogP contribution in [-0.4, -0.2) is 19.6 Å². The Bertz CT molecular complexity index is 1000. The van der Waals surface area contributed by atoms with Crippen molar-refractivity contribution in [3.63, 3.8) is 0 Å². The molecule has 0 aromatic carbocycles. The van der Waals surface area contributed by atoms with E-state index >= 15 is 0 Å². The number of nitrogens with one attached hydrogen (secondary N) is 2. The molecule has 1 spiro atoms. The second-order valence-corrected chi connectivity index (χ2v) is 17.5. The first-order valence-electron chi connectivity index (χ1n) is 18.8. The molecule has 3 nitrogen and oxygen atoms in total. The van der Waals surface area contributed by atoms with Gasteiger partial charge in [-0.1, -0.05) is 118 Å². The van der Waals surface area contributed by atoms with Crippen LogP contribution < -0.4 is 16.4 Å². The van der Waals surface area contributed by atoms with Gasteiger partial charge in [0, 0.05) is 12.6 Å². The lowest BCUT2D eigenvalue weighted by Crippen LogP contribution is -2.51. The molecule has 0 aromatic heterocycles. The summed E-state index contributed by atoms with van der Waals surface area (Å²) in [4.78, 5) is 0. The van der Waals surface area contributed by atoms with Crippen LogP contribution in [0.3, 0.4) is 0 Å². The molecule has 0 radical (unpaired) electrons. The summed E-state index contributed by atoms with van der Waals surface area (Å²) in [6.45, 7) is 29.9. The maximum absolute atomic E-state index is 6.70. The second kappa shape index (κ2) is 14.7. The lowest BCUT2D eigenvalue weighted by Gasteiger charge is -2.49. The molecule has 3 heteroatoms. The van der Waals surface area contributed by atoms with Gasteiger partial charge >= 0.3 is 0 Å². The molecule has 5 atom stereocenters. The van der Waals surface area contributed by atoms with Crippen LogP contribution in [0.2, 0.25) is 0 Å². The summed E-state index contributed by atoms with van der Waals surface area (Å²) in [7, 11) is 2.20. The van der Waals surface area contributed by atoms with E-state index < -0.39 is 0 Å². The SMILES string of the molecule is C=C(C)C(C)(CC)CCCC(CC1(CNC)C(C)(C)C12CCC2)C(C(NC(=CCC)/C(N)=C/C)C1CCCCC1)C(C)(C)C. The summed E-state index contributed by atoms with van der Waals surface area (Å²) >= 11 is 0. The van der Waals surface area contributed by atoms with E-state index in [0.29, 0.717) is 40.0 Å². The van der Waals surface area contributed by atoms with E-state index in [1.807, 2.05) is 0 Å². The molecule has 3 rings (SSSR count). The van der Waals surface area contributed by atoms with E-state index in [9.17, 15) is 0 Å². The van der Waals surface area contributed by atoms with Gasteiger partial charge in [0.1, 0.15) is 0 Å². The predicted octanol–water partition coefficient (Wildman–Crippen LogP) is 10.9. The Morgan fingerprint density at radius 3 is 2.11 bits per heavy atom. The van der Waals surface area contributed by atoms with Crippen molar-refractivity contribution in [3.05, 3.63) is 35.7 Å². The zero-order chi connectivity index (χ0) is 33.0. The zero-order valence-electron chi connectivity index (χ0n) is 31.4. The van der Waals surface area contributed by atoms with E-state index in [1.54, 1.807) is 0 Å². The average Bonchev–Trinajstić information content (AvgIpc) is 3.39. The minimum Gasteiger partial charge on any atom is -0.397 e. The number of hydrogen-bond donors (Lipinski definition) is 3. The molecule has 4 N–H and O–H groups in total. The largest absolute Gasteiger partial charge is 0.397 e. The third kappa shape index (κ3) is 7.03. The normalized spacial score (nSPS) is 27.2. The molecular weight excluding hydrogens is 534 g/mol. The minimum absolute atomic E-state index is 0.177. The molecule has 0 aromatic rings. The predicted molar refractivity (Wildman–Crippen MR) is 194 cm³/mol. The molecule has 5 unspecified atom stereocenters. The fourth-order valence-corrected chi connectivity index (χ4v) is 10.7. The Labute approximate surface area is 275 Å². The standard InChI is InChI=1S/C41H75N3/c1-13-21-34(33(42)14-2)44-36(31-22-17-16-18-23-31)35(37(6,7)8)32(24-19-25-39(11,15-3)30(4)5)28-41(29-43-12)38(9,10)40(41)26-20-27-40/h14,21,31-32,35-36,43-44H,4,13,15-20,22-29,42H2,1-3,5-12H3/b33-14-,34-21?. The highest BCUT2D eigenvalue weighted by Gasteiger charge is 2.82. The molecule has 3 aliphatic rings. The van der Waals surface area contributed by atoms with Gasteiger partial charge in [-0.3, -0.25) is 0 Å². The lowest BCUT2D eigenvalue weighted by atomic mass is 9.60. The Balaban J connectivity index is 2.12. The Morgan fingerprint density at radius 2 is 1.68 bits per heavy atom. The third-order valence-corrected chi connectivity index (χ3v) is 14.1. The molecule has 3 aliphatic carbocycles. The fourth-order valence-electron chi connectivity index (χ4n) is 10.7. The monoisotopic (exact) mass is 610 g/mol. The molecule has 0 aliphatic heterocycles. The Kier molecular flexibility index (Phi) is 12.4. The highest BCUT2D eigenvalue weighted by Crippen LogP contribution is 2.87. The van der Waals surface area contributed by atoms with Crippen LogP contribution in [0.1, 0.15) is 159 Å². The van der Waals surface area contributed by atoms with Gasteiger partial charge < -0.3 is 16.4 Å². The quantitative estimate of drug-likeness (QED) is 0.114. The van der Waals surface area contributed by atoms with Gasteiger partial charge in [0.15, 0.2) is 0 Å². The van der Waals surface area contributed by atoms with Crippen LogP contribution in [0.25, 0.3) is 0 Å². The first-order chi connectivity index (χ1) is 20.6. The van der Waals surface area contributed by atoms with Crippen LogP contribution in [0, 0.1) is 44.8 Å². The maximum Gasteiger partial charge on any atom is 0.0532 e. The summed E-state index contributed by atoms with van der Waals surface area (Å²) in [5.41, 5.74) is 11.8. The fraction of sp³-hybridized carbons (Fsp3) is 0.854. The first kappa shape index (κ1) is 37.2. The summed E-state index contributed by atoms with van der Waals surface area (Å²) in [6.07, 6.45) is 22.8. The summed E-state index contributed by atoms with van der Waals surface area (Å²) < 4.78 is 0. The van der Waals surface area contributed by atoms with Gasteiger partial charge in [0.05, 0.1) is 11.4 Å². The molecule has 0 saturated heterocycles. The third-order valence-electron chi connectivity index (χ3n) is 14.1. The highest BCUT2D eigenvalue weighted by molar-refractivity contribution is 5.31. The zero-order valence-corrected chi connectivity index (χ0v) is 31.4. The van der Waals surface area contributed by atoms with Gasteiger partial charge in [-0.2, -0.15) is 0 Å². The van der Waals surface area contributed by atoms with Gasteiger partial charge in [-0.25, -0.2) is 0 Å². The highest BCUT2D eigenvalue weighted by atomic mass is 15.0. The lowest BCUT2D eigenvalue weighted by molar-refractivity contribution is 0.0391.